The highest BCUT2D eigenvalue weighted by Gasteiger charge is 2.25. The number of esters is 1. The molecule has 1 aromatic carbocycles. The van der Waals surface area contributed by atoms with Crippen LogP contribution in [0, 0.1) is 0 Å². The van der Waals surface area contributed by atoms with E-state index in [-0.39, 0.29) is 21.7 Å². The van der Waals surface area contributed by atoms with Crippen molar-refractivity contribution in [3.63, 3.8) is 0 Å². The van der Waals surface area contributed by atoms with E-state index in [0.717, 1.165) is 24.2 Å². The smallest absolute Gasteiger partial charge is 0.349 e. The molecule has 1 fully saturated rings. The Morgan fingerprint density at radius 1 is 1.16 bits per heavy atom. The summed E-state index contributed by atoms with van der Waals surface area (Å²) in [6.45, 7) is 0. The zero-order valence-electron chi connectivity index (χ0n) is 13.3. The lowest BCUT2D eigenvalue weighted by atomic mass is 10.2. The number of anilines is 1. The zero-order valence-corrected chi connectivity index (χ0v) is 14.9. The van der Waals surface area contributed by atoms with Crippen molar-refractivity contribution >= 4 is 38.9 Å². The molecule has 0 unspecified atom stereocenters. The third kappa shape index (κ3) is 3.99. The van der Waals surface area contributed by atoms with Gasteiger partial charge in [-0.3, -0.25) is 9.52 Å². The molecule has 132 valence electrons. The standard InChI is InChI=1S/C16H16N2O5S2/c1-23-16(20)14-13(8-9-24-14)25(21,22)18-12-4-2-10(3-5-12)15(19)17-11-6-7-11/h2-5,8-9,11,18H,6-7H2,1H3,(H,17,19). The summed E-state index contributed by atoms with van der Waals surface area (Å²) >= 11 is 0.991. The monoisotopic (exact) mass is 380 g/mol. The highest BCUT2D eigenvalue weighted by molar-refractivity contribution is 7.93. The maximum atomic E-state index is 12.5. The minimum absolute atomic E-state index is 0.00966. The van der Waals surface area contributed by atoms with Gasteiger partial charge in [0, 0.05) is 17.3 Å². The summed E-state index contributed by atoms with van der Waals surface area (Å²) in [5, 5.41) is 4.37. The Hall–Kier alpha value is -2.39. The molecular formula is C16H16N2O5S2. The van der Waals surface area contributed by atoms with E-state index in [2.05, 4.69) is 14.8 Å². The van der Waals surface area contributed by atoms with Crippen LogP contribution in [0.15, 0.2) is 40.6 Å². The molecule has 0 bridgehead atoms. The third-order valence-electron chi connectivity index (χ3n) is 3.60. The molecule has 0 aliphatic heterocycles. The summed E-state index contributed by atoms with van der Waals surface area (Å²) in [6.07, 6.45) is 1.99. The van der Waals surface area contributed by atoms with Gasteiger partial charge in [-0.15, -0.1) is 11.3 Å². The first kappa shape index (κ1) is 17.4. The summed E-state index contributed by atoms with van der Waals surface area (Å²) in [6, 6.07) is 7.69. The molecule has 0 spiro atoms. The Labute approximate surface area is 149 Å². The van der Waals surface area contributed by atoms with Crippen molar-refractivity contribution in [2.75, 3.05) is 11.8 Å². The fourth-order valence-corrected chi connectivity index (χ4v) is 4.54. The van der Waals surface area contributed by atoms with Crippen molar-refractivity contribution in [3.05, 3.63) is 46.2 Å². The molecule has 25 heavy (non-hydrogen) atoms. The van der Waals surface area contributed by atoms with Crippen LogP contribution in [0.5, 0.6) is 0 Å². The molecule has 1 aromatic heterocycles. The number of sulfonamides is 1. The lowest BCUT2D eigenvalue weighted by Gasteiger charge is -2.09. The van der Waals surface area contributed by atoms with Gasteiger partial charge in [0.1, 0.15) is 9.77 Å². The number of amides is 1. The number of carbonyl (C=O) groups excluding carboxylic acids is 2. The minimum atomic E-state index is -3.94. The molecule has 1 saturated carbocycles. The molecule has 9 heteroatoms. The van der Waals surface area contributed by atoms with E-state index < -0.39 is 16.0 Å². The molecule has 3 rings (SSSR count). The maximum Gasteiger partial charge on any atom is 0.349 e. The Balaban J connectivity index is 1.76. The Morgan fingerprint density at radius 2 is 1.84 bits per heavy atom. The molecule has 0 radical (unpaired) electrons. The van der Waals surface area contributed by atoms with Crippen LogP contribution in [0.2, 0.25) is 0 Å². The molecule has 2 aromatic rings. The average molecular weight is 380 g/mol. The number of benzene rings is 1. The van der Waals surface area contributed by atoms with Gasteiger partial charge in [-0.25, -0.2) is 13.2 Å². The van der Waals surface area contributed by atoms with Crippen LogP contribution in [-0.2, 0) is 14.8 Å². The number of carbonyl (C=O) groups is 2. The van der Waals surface area contributed by atoms with Crippen LogP contribution in [0.1, 0.15) is 32.9 Å². The molecule has 1 heterocycles. The molecule has 2 N–H and O–H groups in total. The predicted molar refractivity (Wildman–Crippen MR) is 93.4 cm³/mol. The first-order valence-electron chi connectivity index (χ1n) is 7.50. The van der Waals surface area contributed by atoms with Gasteiger partial charge < -0.3 is 10.1 Å². The number of rotatable bonds is 6. The van der Waals surface area contributed by atoms with Crippen LogP contribution < -0.4 is 10.0 Å². The van der Waals surface area contributed by atoms with E-state index in [1.807, 2.05) is 0 Å². The second-order valence-corrected chi connectivity index (χ2v) is 8.10. The average Bonchev–Trinajstić information content (AvgIpc) is 3.25. The van der Waals surface area contributed by atoms with Crippen molar-refractivity contribution in [1.29, 1.82) is 0 Å². The van der Waals surface area contributed by atoms with E-state index in [1.54, 1.807) is 12.1 Å². The molecule has 1 amide bonds. The summed E-state index contributed by atoms with van der Waals surface area (Å²) in [5.41, 5.74) is 0.755. The number of hydrogen-bond acceptors (Lipinski definition) is 6. The minimum Gasteiger partial charge on any atom is -0.465 e. The first-order chi connectivity index (χ1) is 11.9. The maximum absolute atomic E-state index is 12.5. The quantitative estimate of drug-likeness (QED) is 0.749. The topological polar surface area (TPSA) is 102 Å². The molecular weight excluding hydrogens is 364 g/mol. The van der Waals surface area contributed by atoms with Crippen LogP contribution in [0.25, 0.3) is 0 Å². The lowest BCUT2D eigenvalue weighted by Crippen LogP contribution is -2.25. The molecule has 1 aliphatic rings. The number of thiophene rings is 1. The largest absolute Gasteiger partial charge is 0.465 e. The number of ether oxygens (including phenoxy) is 1. The van der Waals surface area contributed by atoms with Crippen molar-refractivity contribution in [1.82, 2.24) is 5.32 Å². The molecule has 1 aliphatic carbocycles. The SMILES string of the molecule is COC(=O)c1sccc1S(=O)(=O)Nc1ccc(C(=O)NC2CC2)cc1. The fourth-order valence-electron chi connectivity index (χ4n) is 2.15. The van der Waals surface area contributed by atoms with Crippen LogP contribution >= 0.6 is 11.3 Å². The van der Waals surface area contributed by atoms with Gasteiger partial charge in [0.2, 0.25) is 0 Å². The van der Waals surface area contributed by atoms with Crippen LogP contribution in [0.3, 0.4) is 0 Å². The molecule has 0 atom stereocenters. The second-order valence-electron chi connectivity index (χ2n) is 5.54. The van der Waals surface area contributed by atoms with Gasteiger partial charge in [0.15, 0.2) is 0 Å². The van der Waals surface area contributed by atoms with Crippen molar-refractivity contribution in [3.8, 4) is 0 Å². The van der Waals surface area contributed by atoms with E-state index in [1.165, 1.54) is 30.7 Å². The number of hydrogen-bond donors (Lipinski definition) is 2. The summed E-state index contributed by atoms with van der Waals surface area (Å²) in [4.78, 5) is 23.5. The highest BCUT2D eigenvalue weighted by atomic mass is 32.2. The van der Waals surface area contributed by atoms with Gasteiger partial charge in [0.05, 0.1) is 7.11 Å². The van der Waals surface area contributed by atoms with E-state index >= 15 is 0 Å². The van der Waals surface area contributed by atoms with E-state index in [0.29, 0.717) is 11.3 Å². The Morgan fingerprint density at radius 3 is 2.44 bits per heavy atom. The summed E-state index contributed by atoms with van der Waals surface area (Å²) in [7, 11) is -2.75. The van der Waals surface area contributed by atoms with Gasteiger partial charge in [-0.2, -0.15) is 0 Å². The highest BCUT2D eigenvalue weighted by Crippen LogP contribution is 2.25. The van der Waals surface area contributed by atoms with Gasteiger partial charge in [0.25, 0.3) is 15.9 Å². The fraction of sp³-hybridized carbons (Fsp3) is 0.250. The van der Waals surface area contributed by atoms with Crippen molar-refractivity contribution < 1.29 is 22.7 Å². The summed E-state index contributed by atoms with van der Waals surface area (Å²) in [5.74, 6) is -0.884. The van der Waals surface area contributed by atoms with Gasteiger partial charge in [-0.05, 0) is 48.6 Å². The Kier molecular flexibility index (Phi) is 4.78. The normalized spacial score (nSPS) is 14.0. The second kappa shape index (κ2) is 6.85. The zero-order chi connectivity index (χ0) is 18.0. The van der Waals surface area contributed by atoms with Gasteiger partial charge >= 0.3 is 5.97 Å². The predicted octanol–water partition coefficient (Wildman–Crippen LogP) is 2.23. The van der Waals surface area contributed by atoms with E-state index in [4.69, 9.17) is 0 Å². The molecule has 7 nitrogen and oxygen atoms in total. The van der Waals surface area contributed by atoms with Crippen LogP contribution in [-0.4, -0.2) is 33.4 Å². The van der Waals surface area contributed by atoms with Crippen LogP contribution in [0.4, 0.5) is 5.69 Å². The number of nitrogens with one attached hydrogen (secondary N) is 2. The summed E-state index contributed by atoms with van der Waals surface area (Å²) < 4.78 is 32.0. The van der Waals surface area contributed by atoms with E-state index in [9.17, 15) is 18.0 Å². The lowest BCUT2D eigenvalue weighted by molar-refractivity contribution is 0.0602. The number of methoxy groups -OCH3 is 1. The molecule has 0 saturated heterocycles. The van der Waals surface area contributed by atoms with Gasteiger partial charge in [-0.1, -0.05) is 0 Å². The third-order valence-corrected chi connectivity index (χ3v) is 6.05. The first-order valence-corrected chi connectivity index (χ1v) is 9.86. The van der Waals surface area contributed by atoms with Crippen molar-refractivity contribution in [2.45, 2.75) is 23.8 Å². The van der Waals surface area contributed by atoms with Crippen molar-refractivity contribution in [2.24, 2.45) is 0 Å². The Bertz CT molecular complexity index is 899.